The number of nitrogens with zero attached hydrogens (tertiary/aromatic N) is 2. The van der Waals surface area contributed by atoms with Crippen molar-refractivity contribution in [3.05, 3.63) is 65.4 Å². The van der Waals surface area contributed by atoms with Crippen LogP contribution in [0.15, 0.2) is 48.7 Å². The Morgan fingerprint density at radius 1 is 0.893 bits per heavy atom. The summed E-state index contributed by atoms with van der Waals surface area (Å²) in [5, 5.41) is 5.05. The van der Waals surface area contributed by atoms with E-state index in [4.69, 9.17) is 0 Å². The standard InChI is InChI=1S/C24H32N4/c1-27(2)14-12-18-16-25-23-19(18)8-7-10-21(23)24(13-15-28(3)4)17-26-22-11-6-5-9-20(22)24/h5-11,16,25-26H,12-15,17H2,1-4H3/t24-/m1/s1. The summed E-state index contributed by atoms with van der Waals surface area (Å²) in [7, 11) is 8.60. The van der Waals surface area contributed by atoms with Crippen LogP contribution in [0.3, 0.4) is 0 Å². The summed E-state index contributed by atoms with van der Waals surface area (Å²) in [5.74, 6) is 0. The lowest BCUT2D eigenvalue weighted by Crippen LogP contribution is -2.34. The van der Waals surface area contributed by atoms with E-state index in [-0.39, 0.29) is 5.41 Å². The molecule has 4 rings (SSSR count). The molecule has 0 radical (unpaired) electrons. The van der Waals surface area contributed by atoms with Crippen LogP contribution in [-0.2, 0) is 11.8 Å². The molecule has 2 N–H and O–H groups in total. The number of likely N-dealkylation sites (N-methyl/N-ethyl adjacent to an activating group) is 1. The zero-order valence-electron chi connectivity index (χ0n) is 17.5. The van der Waals surface area contributed by atoms with Gasteiger partial charge in [-0.15, -0.1) is 0 Å². The number of nitrogens with one attached hydrogen (secondary N) is 2. The minimum Gasteiger partial charge on any atom is -0.384 e. The smallest absolute Gasteiger partial charge is 0.0499 e. The van der Waals surface area contributed by atoms with Gasteiger partial charge in [-0.1, -0.05) is 36.4 Å². The van der Waals surface area contributed by atoms with Crippen molar-refractivity contribution in [1.29, 1.82) is 0 Å². The van der Waals surface area contributed by atoms with Crippen molar-refractivity contribution in [3.8, 4) is 0 Å². The fourth-order valence-electron chi connectivity index (χ4n) is 4.57. The van der Waals surface area contributed by atoms with Gasteiger partial charge in [0.05, 0.1) is 0 Å². The maximum Gasteiger partial charge on any atom is 0.0499 e. The van der Waals surface area contributed by atoms with Gasteiger partial charge in [-0.2, -0.15) is 0 Å². The highest BCUT2D eigenvalue weighted by atomic mass is 15.1. The lowest BCUT2D eigenvalue weighted by atomic mass is 9.72. The second-order valence-corrected chi connectivity index (χ2v) is 8.63. The van der Waals surface area contributed by atoms with Gasteiger partial charge >= 0.3 is 0 Å². The number of aromatic amines is 1. The third-order valence-corrected chi connectivity index (χ3v) is 6.15. The molecule has 148 valence electrons. The van der Waals surface area contributed by atoms with E-state index in [0.29, 0.717) is 0 Å². The van der Waals surface area contributed by atoms with Crippen LogP contribution in [0.1, 0.15) is 23.1 Å². The van der Waals surface area contributed by atoms with E-state index in [1.54, 1.807) is 0 Å². The Balaban J connectivity index is 1.83. The molecule has 1 aliphatic rings. The van der Waals surface area contributed by atoms with E-state index >= 15 is 0 Å². The molecule has 3 aromatic rings. The van der Waals surface area contributed by atoms with Crippen LogP contribution in [-0.4, -0.2) is 62.6 Å². The van der Waals surface area contributed by atoms with E-state index in [1.807, 2.05) is 0 Å². The molecule has 2 aromatic carbocycles. The van der Waals surface area contributed by atoms with Crippen LogP contribution in [0.2, 0.25) is 0 Å². The SMILES string of the molecule is CN(C)CCc1c[nH]c2c([C@]3(CCN(C)C)CNc4ccccc43)cccc12. The minimum absolute atomic E-state index is 0.00988. The topological polar surface area (TPSA) is 34.3 Å². The highest BCUT2D eigenvalue weighted by Gasteiger charge is 2.41. The Bertz CT molecular complexity index is 956. The Morgan fingerprint density at radius 2 is 1.64 bits per heavy atom. The molecular weight excluding hydrogens is 344 g/mol. The molecule has 0 fully saturated rings. The molecule has 0 saturated carbocycles. The Hall–Kier alpha value is -2.30. The number of benzene rings is 2. The van der Waals surface area contributed by atoms with Crippen molar-refractivity contribution in [2.45, 2.75) is 18.3 Å². The number of aromatic nitrogens is 1. The Morgan fingerprint density at radius 3 is 2.43 bits per heavy atom. The summed E-state index contributed by atoms with van der Waals surface area (Å²) in [5.41, 5.74) is 6.82. The number of anilines is 1. The van der Waals surface area contributed by atoms with Crippen molar-refractivity contribution in [1.82, 2.24) is 14.8 Å². The second-order valence-electron chi connectivity index (χ2n) is 8.63. The fraction of sp³-hybridized carbons (Fsp3) is 0.417. The number of H-pyrrole nitrogens is 1. The number of fused-ring (bicyclic) bond motifs is 2. The van der Waals surface area contributed by atoms with E-state index in [2.05, 4.69) is 97.0 Å². The molecule has 0 spiro atoms. The molecule has 4 heteroatoms. The van der Waals surface area contributed by atoms with Gasteiger partial charge in [0, 0.05) is 41.3 Å². The Kier molecular flexibility index (Phi) is 5.17. The maximum absolute atomic E-state index is 3.69. The van der Waals surface area contributed by atoms with Gasteiger partial charge in [0.2, 0.25) is 0 Å². The first-order valence-corrected chi connectivity index (χ1v) is 10.2. The summed E-state index contributed by atoms with van der Waals surface area (Å²) in [4.78, 5) is 8.18. The normalized spacial score (nSPS) is 18.8. The van der Waals surface area contributed by atoms with Crippen molar-refractivity contribution >= 4 is 16.6 Å². The molecular formula is C24H32N4. The van der Waals surface area contributed by atoms with Crippen LogP contribution in [0.5, 0.6) is 0 Å². The van der Waals surface area contributed by atoms with Gasteiger partial charge in [0.1, 0.15) is 0 Å². The summed E-state index contributed by atoms with van der Waals surface area (Å²) >= 11 is 0. The average Bonchev–Trinajstić information content (AvgIpc) is 3.27. The van der Waals surface area contributed by atoms with E-state index in [1.165, 1.54) is 33.3 Å². The van der Waals surface area contributed by atoms with Crippen molar-refractivity contribution in [2.24, 2.45) is 0 Å². The average molecular weight is 377 g/mol. The molecule has 0 saturated heterocycles. The highest BCUT2D eigenvalue weighted by Crippen LogP contribution is 2.46. The quantitative estimate of drug-likeness (QED) is 0.656. The molecule has 0 amide bonds. The second kappa shape index (κ2) is 7.61. The molecule has 0 unspecified atom stereocenters. The number of rotatable bonds is 7. The first-order valence-electron chi connectivity index (χ1n) is 10.2. The van der Waals surface area contributed by atoms with Crippen molar-refractivity contribution in [3.63, 3.8) is 0 Å². The lowest BCUT2D eigenvalue weighted by molar-refractivity contribution is 0.355. The number of hydrogen-bond acceptors (Lipinski definition) is 3. The van der Waals surface area contributed by atoms with Gasteiger partial charge in [0.25, 0.3) is 0 Å². The van der Waals surface area contributed by atoms with Crippen LogP contribution in [0, 0.1) is 0 Å². The van der Waals surface area contributed by atoms with Crippen LogP contribution < -0.4 is 5.32 Å². The van der Waals surface area contributed by atoms with Crippen LogP contribution >= 0.6 is 0 Å². The zero-order valence-corrected chi connectivity index (χ0v) is 17.5. The minimum atomic E-state index is -0.00988. The molecule has 1 aromatic heterocycles. The largest absolute Gasteiger partial charge is 0.384 e. The summed E-state index contributed by atoms with van der Waals surface area (Å²) in [6, 6.07) is 15.7. The Labute approximate surface area is 168 Å². The van der Waals surface area contributed by atoms with Crippen molar-refractivity contribution in [2.75, 3.05) is 53.1 Å². The summed E-state index contributed by atoms with van der Waals surface area (Å²) in [6.07, 6.45) is 4.37. The first kappa shape index (κ1) is 19.0. The summed E-state index contributed by atoms with van der Waals surface area (Å²) < 4.78 is 0. The third kappa shape index (κ3) is 3.31. The number of hydrogen-bond donors (Lipinski definition) is 2. The summed E-state index contributed by atoms with van der Waals surface area (Å²) in [6.45, 7) is 3.07. The van der Waals surface area contributed by atoms with Crippen LogP contribution in [0.4, 0.5) is 5.69 Å². The van der Waals surface area contributed by atoms with E-state index in [9.17, 15) is 0 Å². The molecule has 4 nitrogen and oxygen atoms in total. The predicted octanol–water partition coefficient (Wildman–Crippen LogP) is 3.94. The molecule has 2 heterocycles. The van der Waals surface area contributed by atoms with Gasteiger partial charge < -0.3 is 20.1 Å². The fourth-order valence-corrected chi connectivity index (χ4v) is 4.57. The monoisotopic (exact) mass is 376 g/mol. The van der Waals surface area contributed by atoms with Gasteiger partial charge in [-0.05, 0) is 70.3 Å². The van der Waals surface area contributed by atoms with Crippen LogP contribution in [0.25, 0.3) is 10.9 Å². The highest BCUT2D eigenvalue weighted by molar-refractivity contribution is 5.88. The van der Waals surface area contributed by atoms with E-state index < -0.39 is 0 Å². The number of para-hydroxylation sites is 2. The predicted molar refractivity (Wildman–Crippen MR) is 119 cm³/mol. The molecule has 1 aliphatic heterocycles. The van der Waals surface area contributed by atoms with Crippen molar-refractivity contribution < 1.29 is 0 Å². The van der Waals surface area contributed by atoms with E-state index in [0.717, 1.165) is 32.5 Å². The molecule has 0 bridgehead atoms. The molecule has 1 atom stereocenters. The lowest BCUT2D eigenvalue weighted by Gasteiger charge is -2.32. The van der Waals surface area contributed by atoms with Gasteiger partial charge in [0.15, 0.2) is 0 Å². The van der Waals surface area contributed by atoms with Gasteiger partial charge in [-0.25, -0.2) is 0 Å². The molecule has 28 heavy (non-hydrogen) atoms. The first-order chi connectivity index (χ1) is 13.5. The molecule has 0 aliphatic carbocycles. The third-order valence-electron chi connectivity index (χ3n) is 6.15. The zero-order chi connectivity index (χ0) is 19.7. The maximum atomic E-state index is 3.69. The van der Waals surface area contributed by atoms with Gasteiger partial charge in [-0.3, -0.25) is 0 Å².